The highest BCUT2D eigenvalue weighted by Gasteiger charge is 2.25. The summed E-state index contributed by atoms with van der Waals surface area (Å²) in [6, 6.07) is 8.11. The molecule has 0 aliphatic rings. The maximum atomic E-state index is 12.7. The zero-order valence-electron chi connectivity index (χ0n) is 17.1. The van der Waals surface area contributed by atoms with Gasteiger partial charge in [0.25, 0.3) is 17.5 Å². The van der Waals surface area contributed by atoms with Gasteiger partial charge in [0.2, 0.25) is 0 Å². The highest BCUT2D eigenvalue weighted by molar-refractivity contribution is 6.08. The van der Waals surface area contributed by atoms with Gasteiger partial charge in [-0.25, -0.2) is 0 Å². The van der Waals surface area contributed by atoms with Crippen molar-refractivity contribution >= 4 is 29.2 Å². The molecule has 0 fully saturated rings. The highest BCUT2D eigenvalue weighted by atomic mass is 16.6. The molecular formula is C20H21N3O8. The van der Waals surface area contributed by atoms with E-state index in [0.717, 1.165) is 6.07 Å². The predicted molar refractivity (Wildman–Crippen MR) is 110 cm³/mol. The van der Waals surface area contributed by atoms with Gasteiger partial charge in [-0.3, -0.25) is 24.5 Å². The van der Waals surface area contributed by atoms with Crippen LogP contribution in [0.25, 0.3) is 0 Å². The molecule has 0 aromatic heterocycles. The van der Waals surface area contributed by atoms with Crippen molar-refractivity contribution in [1.82, 2.24) is 5.32 Å². The normalized spacial score (nSPS) is 10.0. The number of anilines is 1. The molecule has 11 nitrogen and oxygen atoms in total. The third-order valence-electron chi connectivity index (χ3n) is 4.05. The Morgan fingerprint density at radius 2 is 1.71 bits per heavy atom. The molecule has 2 aromatic carbocycles. The molecule has 31 heavy (non-hydrogen) atoms. The van der Waals surface area contributed by atoms with E-state index in [1.54, 1.807) is 6.92 Å². The summed E-state index contributed by atoms with van der Waals surface area (Å²) in [5, 5.41) is 16.3. The Morgan fingerprint density at radius 1 is 1.03 bits per heavy atom. The van der Waals surface area contributed by atoms with E-state index in [4.69, 9.17) is 9.47 Å². The molecule has 2 rings (SSSR count). The fraction of sp³-hybridized carbons (Fsp3) is 0.250. The molecule has 0 spiro atoms. The van der Waals surface area contributed by atoms with Gasteiger partial charge < -0.3 is 24.8 Å². The minimum atomic E-state index is -0.738. The molecular weight excluding hydrogens is 410 g/mol. The van der Waals surface area contributed by atoms with Crippen LogP contribution in [0.1, 0.15) is 27.6 Å². The first kappa shape index (κ1) is 23.1. The Kier molecular flexibility index (Phi) is 7.89. The van der Waals surface area contributed by atoms with Crippen LogP contribution in [-0.4, -0.2) is 50.1 Å². The quantitative estimate of drug-likeness (QED) is 0.349. The van der Waals surface area contributed by atoms with Gasteiger partial charge in [0.05, 0.1) is 31.8 Å². The Hall–Kier alpha value is -4.15. The SMILES string of the molecule is CCOc1cc(C(=O)Nc2ccc(C(=O)NCC(=O)OC)cc2)c([N+](=O)[O-])cc1OC. The lowest BCUT2D eigenvalue weighted by atomic mass is 10.1. The lowest BCUT2D eigenvalue weighted by molar-refractivity contribution is -0.385. The van der Waals surface area contributed by atoms with E-state index in [1.807, 2.05) is 0 Å². The molecule has 0 saturated carbocycles. The average Bonchev–Trinajstić information content (AvgIpc) is 2.77. The van der Waals surface area contributed by atoms with Crippen molar-refractivity contribution in [3.05, 3.63) is 57.6 Å². The summed E-state index contributed by atoms with van der Waals surface area (Å²) in [4.78, 5) is 46.5. The fourth-order valence-electron chi connectivity index (χ4n) is 2.54. The van der Waals surface area contributed by atoms with E-state index in [1.165, 1.54) is 44.6 Å². The first-order chi connectivity index (χ1) is 14.8. The van der Waals surface area contributed by atoms with Crippen molar-refractivity contribution in [1.29, 1.82) is 0 Å². The summed E-state index contributed by atoms with van der Waals surface area (Å²) in [7, 11) is 2.54. The third-order valence-corrected chi connectivity index (χ3v) is 4.05. The summed E-state index contributed by atoms with van der Waals surface area (Å²) >= 11 is 0. The number of nitrogens with one attached hydrogen (secondary N) is 2. The smallest absolute Gasteiger partial charge is 0.325 e. The number of nitro benzene ring substituents is 1. The summed E-state index contributed by atoms with van der Waals surface area (Å²) in [6.45, 7) is 1.72. The molecule has 0 atom stereocenters. The number of nitro groups is 1. The molecule has 0 unspecified atom stereocenters. The number of hydrogen-bond donors (Lipinski definition) is 2. The van der Waals surface area contributed by atoms with Crippen LogP contribution in [-0.2, 0) is 9.53 Å². The number of esters is 1. The number of benzene rings is 2. The second-order valence-corrected chi connectivity index (χ2v) is 6.00. The first-order valence-corrected chi connectivity index (χ1v) is 9.06. The minimum absolute atomic E-state index is 0.132. The number of carbonyl (C=O) groups is 3. The van der Waals surface area contributed by atoms with Crippen LogP contribution in [0.5, 0.6) is 11.5 Å². The Morgan fingerprint density at radius 3 is 2.26 bits per heavy atom. The lowest BCUT2D eigenvalue weighted by Crippen LogP contribution is -2.30. The van der Waals surface area contributed by atoms with E-state index in [9.17, 15) is 24.5 Å². The van der Waals surface area contributed by atoms with Gasteiger partial charge in [0, 0.05) is 17.3 Å². The fourth-order valence-corrected chi connectivity index (χ4v) is 2.54. The molecule has 0 heterocycles. The lowest BCUT2D eigenvalue weighted by Gasteiger charge is -2.12. The van der Waals surface area contributed by atoms with E-state index in [2.05, 4.69) is 15.4 Å². The summed E-state index contributed by atoms with van der Waals surface area (Å²) < 4.78 is 14.9. The van der Waals surface area contributed by atoms with Gasteiger partial charge in [-0.15, -0.1) is 0 Å². The van der Waals surface area contributed by atoms with Crippen molar-refractivity contribution in [3.8, 4) is 11.5 Å². The zero-order chi connectivity index (χ0) is 23.0. The van der Waals surface area contributed by atoms with Crippen LogP contribution in [0.4, 0.5) is 11.4 Å². The van der Waals surface area contributed by atoms with E-state index in [0.29, 0.717) is 5.69 Å². The number of nitrogens with zero attached hydrogens (tertiary/aromatic N) is 1. The van der Waals surface area contributed by atoms with Crippen molar-refractivity contribution in [3.63, 3.8) is 0 Å². The topological polar surface area (TPSA) is 146 Å². The number of carbonyl (C=O) groups excluding carboxylic acids is 3. The monoisotopic (exact) mass is 431 g/mol. The van der Waals surface area contributed by atoms with E-state index >= 15 is 0 Å². The van der Waals surface area contributed by atoms with Crippen LogP contribution < -0.4 is 20.1 Å². The molecule has 0 aliphatic carbocycles. The molecule has 2 amide bonds. The number of ether oxygens (including phenoxy) is 3. The number of methoxy groups -OCH3 is 2. The molecule has 0 aliphatic heterocycles. The highest BCUT2D eigenvalue weighted by Crippen LogP contribution is 2.35. The Labute approximate surface area is 177 Å². The van der Waals surface area contributed by atoms with E-state index < -0.39 is 28.4 Å². The van der Waals surface area contributed by atoms with Gasteiger partial charge in [-0.2, -0.15) is 0 Å². The summed E-state index contributed by atoms with van der Waals surface area (Å²) in [5.74, 6) is -1.51. The number of rotatable bonds is 9. The van der Waals surface area contributed by atoms with Crippen LogP contribution in [0.3, 0.4) is 0 Å². The van der Waals surface area contributed by atoms with E-state index in [-0.39, 0.29) is 35.8 Å². The van der Waals surface area contributed by atoms with Crippen molar-refractivity contribution in [2.24, 2.45) is 0 Å². The second-order valence-electron chi connectivity index (χ2n) is 6.00. The van der Waals surface area contributed by atoms with Gasteiger partial charge in [-0.05, 0) is 31.2 Å². The van der Waals surface area contributed by atoms with Crippen LogP contribution in [0.2, 0.25) is 0 Å². The minimum Gasteiger partial charge on any atom is -0.493 e. The molecule has 2 N–H and O–H groups in total. The van der Waals surface area contributed by atoms with Gasteiger partial charge in [0.15, 0.2) is 11.5 Å². The molecule has 2 aromatic rings. The van der Waals surface area contributed by atoms with Crippen LogP contribution in [0.15, 0.2) is 36.4 Å². The predicted octanol–water partition coefficient (Wildman–Crippen LogP) is 2.16. The van der Waals surface area contributed by atoms with Crippen molar-refractivity contribution < 1.29 is 33.5 Å². The number of amides is 2. The van der Waals surface area contributed by atoms with Crippen LogP contribution in [0, 0.1) is 10.1 Å². The van der Waals surface area contributed by atoms with Crippen molar-refractivity contribution in [2.45, 2.75) is 6.92 Å². The van der Waals surface area contributed by atoms with Crippen LogP contribution >= 0.6 is 0 Å². The Bertz CT molecular complexity index is 989. The largest absolute Gasteiger partial charge is 0.493 e. The van der Waals surface area contributed by atoms with Crippen molar-refractivity contribution in [2.75, 3.05) is 32.7 Å². The third kappa shape index (κ3) is 5.92. The second kappa shape index (κ2) is 10.6. The van der Waals surface area contributed by atoms with Gasteiger partial charge in [0.1, 0.15) is 12.1 Å². The Balaban J connectivity index is 2.21. The number of hydrogen-bond acceptors (Lipinski definition) is 8. The molecule has 0 saturated heterocycles. The maximum absolute atomic E-state index is 12.7. The summed E-state index contributed by atoms with van der Waals surface area (Å²) in [5.41, 5.74) is -0.112. The molecule has 164 valence electrons. The molecule has 0 bridgehead atoms. The van der Waals surface area contributed by atoms with Gasteiger partial charge in [-0.1, -0.05) is 0 Å². The standard InChI is InChI=1S/C20H21N3O8/c1-4-31-17-9-14(15(23(27)28)10-16(17)29-2)20(26)22-13-7-5-12(6-8-13)19(25)21-11-18(24)30-3/h5-10H,4,11H2,1-3H3,(H,21,25)(H,22,26). The summed E-state index contributed by atoms with van der Waals surface area (Å²) in [6.07, 6.45) is 0. The van der Waals surface area contributed by atoms with Gasteiger partial charge >= 0.3 is 5.97 Å². The molecule has 0 radical (unpaired) electrons. The first-order valence-electron chi connectivity index (χ1n) is 9.06. The zero-order valence-corrected chi connectivity index (χ0v) is 17.1. The maximum Gasteiger partial charge on any atom is 0.325 e. The molecule has 11 heteroatoms. The average molecular weight is 431 g/mol.